The van der Waals surface area contributed by atoms with E-state index in [2.05, 4.69) is 20.5 Å². The van der Waals surface area contributed by atoms with Gasteiger partial charge in [0.05, 0.1) is 0 Å². The van der Waals surface area contributed by atoms with Gasteiger partial charge < -0.3 is 20.4 Å². The van der Waals surface area contributed by atoms with Gasteiger partial charge in [0, 0.05) is 51.9 Å². The minimum atomic E-state index is -0.256. The first-order chi connectivity index (χ1) is 12.6. The Hall–Kier alpha value is -2.31. The van der Waals surface area contributed by atoms with E-state index < -0.39 is 0 Å². The largest absolute Gasteiger partial charge is 0.357 e. The number of urea groups is 1. The number of anilines is 1. The predicted octanol–water partition coefficient (Wildman–Crippen LogP) is 2.13. The Kier molecular flexibility index (Phi) is 8.18. The van der Waals surface area contributed by atoms with E-state index in [4.69, 9.17) is 0 Å². The summed E-state index contributed by atoms with van der Waals surface area (Å²) in [5, 5.41) is 5.58. The maximum absolute atomic E-state index is 11.9. The van der Waals surface area contributed by atoms with Crippen molar-refractivity contribution in [1.82, 2.24) is 20.5 Å². The zero-order valence-electron chi connectivity index (χ0n) is 16.0. The van der Waals surface area contributed by atoms with Gasteiger partial charge in [-0.2, -0.15) is 0 Å². The summed E-state index contributed by atoms with van der Waals surface area (Å²) in [4.78, 5) is 32.3. The molecule has 3 amide bonds. The first kappa shape index (κ1) is 20.0. The second-order valence-corrected chi connectivity index (χ2v) is 6.50. The highest BCUT2D eigenvalue weighted by Crippen LogP contribution is 2.18. The number of amides is 3. The molecule has 1 fully saturated rings. The van der Waals surface area contributed by atoms with Gasteiger partial charge in [-0.05, 0) is 50.8 Å². The second kappa shape index (κ2) is 10.6. The topological polar surface area (TPSA) is 77.6 Å². The first-order valence-corrected chi connectivity index (χ1v) is 9.63. The minimum Gasteiger partial charge on any atom is -0.357 e. The smallest absolute Gasteiger partial charge is 0.315 e. The van der Waals surface area contributed by atoms with Crippen LogP contribution in [-0.4, -0.2) is 54.5 Å². The molecule has 1 aliphatic heterocycles. The molecule has 0 unspecified atom stereocenters. The van der Waals surface area contributed by atoms with E-state index in [1.54, 1.807) is 11.1 Å². The van der Waals surface area contributed by atoms with Gasteiger partial charge in [-0.15, -0.1) is 0 Å². The van der Waals surface area contributed by atoms with E-state index in [1.165, 1.54) is 19.3 Å². The van der Waals surface area contributed by atoms with Crippen molar-refractivity contribution in [3.8, 4) is 0 Å². The van der Waals surface area contributed by atoms with Gasteiger partial charge in [0.2, 0.25) is 5.91 Å². The van der Waals surface area contributed by atoms with Crippen LogP contribution >= 0.6 is 0 Å². The number of carbonyl (C=O) groups is 2. The summed E-state index contributed by atoms with van der Waals surface area (Å²) < 4.78 is 0. The van der Waals surface area contributed by atoms with Crippen LogP contribution in [0.3, 0.4) is 0 Å². The van der Waals surface area contributed by atoms with E-state index in [0.717, 1.165) is 24.5 Å². The Bertz CT molecular complexity index is 583. The summed E-state index contributed by atoms with van der Waals surface area (Å²) in [5.74, 6) is 1.05. The maximum Gasteiger partial charge on any atom is 0.315 e. The molecular formula is C19H31N5O2. The molecule has 0 radical (unpaired) electrons. The molecule has 1 saturated heterocycles. The van der Waals surface area contributed by atoms with E-state index in [0.29, 0.717) is 32.6 Å². The molecule has 7 heteroatoms. The molecule has 1 aliphatic rings. The third kappa shape index (κ3) is 6.20. The third-order valence-corrected chi connectivity index (χ3v) is 4.68. The Balaban J connectivity index is 1.72. The molecule has 1 aromatic heterocycles. The van der Waals surface area contributed by atoms with Crippen LogP contribution in [0.15, 0.2) is 18.3 Å². The molecule has 144 valence electrons. The summed E-state index contributed by atoms with van der Waals surface area (Å²) >= 11 is 0. The van der Waals surface area contributed by atoms with Crippen LogP contribution in [0.4, 0.5) is 10.6 Å². The number of nitrogens with one attached hydrogen (secondary N) is 2. The van der Waals surface area contributed by atoms with E-state index >= 15 is 0 Å². The molecule has 0 saturated carbocycles. The monoisotopic (exact) mass is 361 g/mol. The zero-order chi connectivity index (χ0) is 18.8. The molecule has 2 heterocycles. The van der Waals surface area contributed by atoms with Gasteiger partial charge in [-0.3, -0.25) is 4.79 Å². The molecule has 7 nitrogen and oxygen atoms in total. The predicted molar refractivity (Wildman–Crippen MR) is 103 cm³/mol. The number of aromatic nitrogens is 1. The van der Waals surface area contributed by atoms with Crippen molar-refractivity contribution in [3.05, 3.63) is 23.9 Å². The molecule has 26 heavy (non-hydrogen) atoms. The van der Waals surface area contributed by atoms with Gasteiger partial charge in [0.25, 0.3) is 0 Å². The lowest BCUT2D eigenvalue weighted by atomic mass is 10.1. The van der Waals surface area contributed by atoms with Crippen LogP contribution in [0, 0.1) is 0 Å². The number of hydrogen-bond donors (Lipinski definition) is 2. The van der Waals surface area contributed by atoms with Crippen LogP contribution in [0.1, 0.15) is 45.1 Å². The van der Waals surface area contributed by atoms with Gasteiger partial charge in [-0.25, -0.2) is 9.78 Å². The van der Waals surface area contributed by atoms with Gasteiger partial charge >= 0.3 is 6.03 Å². The molecule has 2 N–H and O–H groups in total. The van der Waals surface area contributed by atoms with Crippen molar-refractivity contribution in [2.45, 2.75) is 46.1 Å². The Morgan fingerprint density at radius 2 is 1.88 bits per heavy atom. The standard InChI is InChI=1S/C19H31N5O2/c1-3-23(4-2)18(25)9-11-21-19(26)22-15-16-8-10-20-17(14-16)24-12-6-5-7-13-24/h8,10,14H,3-7,9,11-13,15H2,1-2H3,(H2,21,22,26). The summed E-state index contributed by atoms with van der Waals surface area (Å²) in [7, 11) is 0. The highest BCUT2D eigenvalue weighted by Gasteiger charge is 2.13. The van der Waals surface area contributed by atoms with Crippen LogP contribution < -0.4 is 15.5 Å². The Morgan fingerprint density at radius 1 is 1.15 bits per heavy atom. The minimum absolute atomic E-state index is 0.0654. The number of piperidine rings is 1. The Morgan fingerprint density at radius 3 is 2.58 bits per heavy atom. The average Bonchev–Trinajstić information content (AvgIpc) is 2.68. The molecular weight excluding hydrogens is 330 g/mol. The molecule has 1 aromatic rings. The fourth-order valence-corrected chi connectivity index (χ4v) is 3.13. The number of rotatable bonds is 8. The van der Waals surface area contributed by atoms with Crippen LogP contribution in [-0.2, 0) is 11.3 Å². The highest BCUT2D eigenvalue weighted by molar-refractivity contribution is 5.78. The molecule has 2 rings (SSSR count). The number of pyridine rings is 1. The lowest BCUT2D eigenvalue weighted by Crippen LogP contribution is -2.38. The van der Waals surface area contributed by atoms with Crippen LogP contribution in [0.5, 0.6) is 0 Å². The third-order valence-electron chi connectivity index (χ3n) is 4.68. The maximum atomic E-state index is 11.9. The lowest BCUT2D eigenvalue weighted by molar-refractivity contribution is -0.130. The fraction of sp³-hybridized carbons (Fsp3) is 0.632. The summed E-state index contributed by atoms with van der Waals surface area (Å²) in [6.45, 7) is 8.18. The summed E-state index contributed by atoms with van der Waals surface area (Å²) in [6, 6.07) is 3.70. The van der Waals surface area contributed by atoms with Crippen molar-refractivity contribution in [1.29, 1.82) is 0 Å². The SMILES string of the molecule is CCN(CC)C(=O)CCNC(=O)NCc1ccnc(N2CCCCC2)c1. The van der Waals surface area contributed by atoms with Crippen LogP contribution in [0.2, 0.25) is 0 Å². The molecule has 0 spiro atoms. The lowest BCUT2D eigenvalue weighted by Gasteiger charge is -2.27. The number of hydrogen-bond acceptors (Lipinski definition) is 4. The number of carbonyl (C=O) groups excluding carboxylic acids is 2. The number of nitrogens with zero attached hydrogens (tertiary/aromatic N) is 3. The van der Waals surface area contributed by atoms with Crippen LogP contribution in [0.25, 0.3) is 0 Å². The fourth-order valence-electron chi connectivity index (χ4n) is 3.13. The van der Waals surface area contributed by atoms with E-state index in [-0.39, 0.29) is 11.9 Å². The van der Waals surface area contributed by atoms with Crippen molar-refractivity contribution in [2.75, 3.05) is 37.6 Å². The molecule has 0 bridgehead atoms. The summed E-state index contributed by atoms with van der Waals surface area (Å²) in [6.07, 6.45) is 5.82. The van der Waals surface area contributed by atoms with Crippen molar-refractivity contribution < 1.29 is 9.59 Å². The van der Waals surface area contributed by atoms with Gasteiger partial charge in [-0.1, -0.05) is 0 Å². The molecule has 0 atom stereocenters. The normalized spacial score (nSPS) is 14.0. The molecule has 0 aliphatic carbocycles. The van der Waals surface area contributed by atoms with Gasteiger partial charge in [0.1, 0.15) is 5.82 Å². The zero-order valence-corrected chi connectivity index (χ0v) is 16.0. The average molecular weight is 361 g/mol. The van der Waals surface area contributed by atoms with E-state index in [9.17, 15) is 9.59 Å². The first-order valence-electron chi connectivity index (χ1n) is 9.63. The Labute approximate surface area is 156 Å². The van der Waals surface area contributed by atoms with Crippen molar-refractivity contribution in [3.63, 3.8) is 0 Å². The summed E-state index contributed by atoms with van der Waals surface area (Å²) in [5.41, 5.74) is 1.02. The van der Waals surface area contributed by atoms with Crippen molar-refractivity contribution in [2.24, 2.45) is 0 Å². The highest BCUT2D eigenvalue weighted by atomic mass is 16.2. The quantitative estimate of drug-likeness (QED) is 0.744. The molecule has 0 aromatic carbocycles. The van der Waals surface area contributed by atoms with Crippen molar-refractivity contribution >= 4 is 17.8 Å². The second-order valence-electron chi connectivity index (χ2n) is 6.50. The van der Waals surface area contributed by atoms with Gasteiger partial charge in [0.15, 0.2) is 0 Å². The van der Waals surface area contributed by atoms with E-state index in [1.807, 2.05) is 26.0 Å².